The lowest BCUT2D eigenvalue weighted by Gasteiger charge is -2.05. The van der Waals surface area contributed by atoms with E-state index in [9.17, 15) is 9.59 Å². The Hall–Kier alpha value is -2.60. The van der Waals surface area contributed by atoms with Gasteiger partial charge in [-0.3, -0.25) is 0 Å². The van der Waals surface area contributed by atoms with Crippen LogP contribution in [0.4, 0.5) is 0 Å². The Balaban J connectivity index is 2.00. The molecule has 0 aromatic heterocycles. The Morgan fingerprint density at radius 1 is 0.958 bits per heavy atom. The van der Waals surface area contributed by atoms with Crippen molar-refractivity contribution in [1.29, 1.82) is 0 Å². The largest absolute Gasteiger partial charge is 0.508 e. The van der Waals surface area contributed by atoms with Gasteiger partial charge in [0.1, 0.15) is 5.75 Å². The van der Waals surface area contributed by atoms with E-state index in [-0.39, 0.29) is 12.4 Å². The van der Waals surface area contributed by atoms with Gasteiger partial charge in [0.05, 0.1) is 13.2 Å². The van der Waals surface area contributed by atoms with Crippen LogP contribution >= 0.6 is 0 Å². The van der Waals surface area contributed by atoms with E-state index in [0.717, 1.165) is 11.6 Å². The van der Waals surface area contributed by atoms with Gasteiger partial charge in [-0.25, -0.2) is 9.59 Å². The van der Waals surface area contributed by atoms with Gasteiger partial charge >= 0.3 is 11.9 Å². The van der Waals surface area contributed by atoms with Crippen molar-refractivity contribution in [3.05, 3.63) is 48.6 Å². The van der Waals surface area contributed by atoms with Gasteiger partial charge < -0.3 is 19.3 Å². The lowest BCUT2D eigenvalue weighted by molar-refractivity contribution is -0.138. The van der Waals surface area contributed by atoms with E-state index in [1.54, 1.807) is 30.3 Å². The average Bonchev–Trinajstić information content (AvgIpc) is 2.59. The summed E-state index contributed by atoms with van der Waals surface area (Å²) in [5.74, 6) is -0.699. The summed E-state index contributed by atoms with van der Waals surface area (Å²) < 4.78 is 15.1. The number of carbonyl (C=O) groups is 2. The molecule has 0 aliphatic carbocycles. The summed E-state index contributed by atoms with van der Waals surface area (Å²) in [6.45, 7) is 4.79. The topological polar surface area (TPSA) is 82.1 Å². The van der Waals surface area contributed by atoms with Crippen LogP contribution in [0.2, 0.25) is 0 Å². The van der Waals surface area contributed by atoms with Gasteiger partial charge in [0.15, 0.2) is 0 Å². The van der Waals surface area contributed by atoms with Crippen molar-refractivity contribution in [2.75, 3.05) is 26.4 Å². The van der Waals surface area contributed by atoms with Gasteiger partial charge in [0.25, 0.3) is 0 Å². The number of phenols is 1. The molecule has 0 bridgehead atoms. The second-order valence-electron chi connectivity index (χ2n) is 4.78. The van der Waals surface area contributed by atoms with Crippen molar-refractivity contribution >= 4 is 18.0 Å². The van der Waals surface area contributed by atoms with Gasteiger partial charge in [-0.05, 0) is 23.8 Å². The molecule has 0 fully saturated rings. The van der Waals surface area contributed by atoms with Crippen LogP contribution < -0.4 is 0 Å². The highest BCUT2D eigenvalue weighted by Crippen LogP contribution is 2.10. The van der Waals surface area contributed by atoms with Crippen LogP contribution in [0, 0.1) is 0 Å². The minimum absolute atomic E-state index is 0.175. The van der Waals surface area contributed by atoms with Gasteiger partial charge in [-0.2, -0.15) is 0 Å². The molecule has 0 aliphatic rings. The molecule has 1 aromatic rings. The first-order valence-corrected chi connectivity index (χ1v) is 7.62. The number of benzene rings is 1. The second kappa shape index (κ2) is 11.9. The van der Waals surface area contributed by atoms with Gasteiger partial charge in [-0.15, -0.1) is 0 Å². The molecule has 130 valence electrons. The van der Waals surface area contributed by atoms with Crippen LogP contribution in [0.1, 0.15) is 18.4 Å². The van der Waals surface area contributed by atoms with Crippen LogP contribution in [0.15, 0.2) is 43.0 Å². The predicted molar refractivity (Wildman–Crippen MR) is 89.3 cm³/mol. The SMILES string of the molecule is C=CC(=O)OCCCOCCCOC(=O)/C=C/c1ccc(O)cc1. The molecular formula is C18H22O6. The number of phenolic OH excluding ortho intramolecular Hbond substituents is 1. The number of ether oxygens (including phenoxy) is 3. The maximum absolute atomic E-state index is 11.5. The van der Waals surface area contributed by atoms with E-state index in [1.165, 1.54) is 6.08 Å². The fraction of sp³-hybridized carbons (Fsp3) is 0.333. The van der Waals surface area contributed by atoms with Crippen molar-refractivity contribution in [2.24, 2.45) is 0 Å². The maximum Gasteiger partial charge on any atom is 0.330 e. The molecule has 0 spiro atoms. The summed E-state index contributed by atoms with van der Waals surface area (Å²) in [6.07, 6.45) is 5.26. The Bertz CT molecular complexity index is 547. The molecule has 0 amide bonds. The monoisotopic (exact) mass is 334 g/mol. The maximum atomic E-state index is 11.5. The molecule has 24 heavy (non-hydrogen) atoms. The molecule has 0 saturated heterocycles. The number of esters is 2. The van der Waals surface area contributed by atoms with Gasteiger partial charge in [-0.1, -0.05) is 18.7 Å². The molecule has 6 nitrogen and oxygen atoms in total. The van der Waals surface area contributed by atoms with Crippen molar-refractivity contribution in [1.82, 2.24) is 0 Å². The highest BCUT2D eigenvalue weighted by Gasteiger charge is 1.98. The number of carbonyl (C=O) groups excluding carboxylic acids is 2. The van der Waals surface area contributed by atoms with Crippen LogP contribution in [-0.4, -0.2) is 43.5 Å². The van der Waals surface area contributed by atoms with E-state index in [4.69, 9.17) is 19.3 Å². The van der Waals surface area contributed by atoms with E-state index in [2.05, 4.69) is 6.58 Å². The quantitative estimate of drug-likeness (QED) is 0.380. The summed E-state index contributed by atoms with van der Waals surface area (Å²) in [6, 6.07) is 6.47. The van der Waals surface area contributed by atoms with Crippen molar-refractivity contribution in [3.8, 4) is 5.75 Å². The standard InChI is InChI=1S/C18H22O6/c1-2-17(20)23-13-3-11-22-12-4-14-24-18(21)10-7-15-5-8-16(19)9-6-15/h2,5-10,19H,1,3-4,11-14H2/b10-7+. The molecule has 0 atom stereocenters. The normalized spacial score (nSPS) is 10.5. The van der Waals surface area contributed by atoms with Crippen LogP contribution in [-0.2, 0) is 23.8 Å². The fourth-order valence-electron chi connectivity index (χ4n) is 1.63. The summed E-state index contributed by atoms with van der Waals surface area (Å²) >= 11 is 0. The third-order valence-electron chi connectivity index (χ3n) is 2.83. The molecule has 0 aliphatic heterocycles. The Labute approximate surface area is 141 Å². The zero-order valence-corrected chi connectivity index (χ0v) is 13.5. The van der Waals surface area contributed by atoms with E-state index in [0.29, 0.717) is 32.7 Å². The summed E-state index contributed by atoms with van der Waals surface area (Å²) in [7, 11) is 0. The third-order valence-corrected chi connectivity index (χ3v) is 2.83. The average molecular weight is 334 g/mol. The van der Waals surface area contributed by atoms with Crippen molar-refractivity contribution < 1.29 is 28.9 Å². The number of hydrogen-bond donors (Lipinski definition) is 1. The Morgan fingerprint density at radius 2 is 1.54 bits per heavy atom. The zero-order chi connectivity index (χ0) is 17.6. The highest BCUT2D eigenvalue weighted by molar-refractivity contribution is 5.87. The van der Waals surface area contributed by atoms with Crippen molar-refractivity contribution in [3.63, 3.8) is 0 Å². The smallest absolute Gasteiger partial charge is 0.330 e. The third kappa shape index (κ3) is 9.42. The fourth-order valence-corrected chi connectivity index (χ4v) is 1.63. The zero-order valence-electron chi connectivity index (χ0n) is 13.5. The van der Waals surface area contributed by atoms with E-state index >= 15 is 0 Å². The van der Waals surface area contributed by atoms with Crippen molar-refractivity contribution in [2.45, 2.75) is 12.8 Å². The van der Waals surface area contributed by atoms with E-state index < -0.39 is 11.9 Å². The molecule has 0 saturated carbocycles. The molecule has 6 heteroatoms. The molecule has 0 heterocycles. The van der Waals surface area contributed by atoms with Gasteiger partial charge in [0.2, 0.25) is 0 Å². The van der Waals surface area contributed by atoms with Gasteiger partial charge in [0, 0.05) is 38.2 Å². The minimum Gasteiger partial charge on any atom is -0.508 e. The van der Waals surface area contributed by atoms with Crippen LogP contribution in [0.3, 0.4) is 0 Å². The number of aromatic hydroxyl groups is 1. The Morgan fingerprint density at radius 3 is 2.12 bits per heavy atom. The summed E-state index contributed by atoms with van der Waals surface area (Å²) in [5.41, 5.74) is 0.797. The molecule has 0 unspecified atom stereocenters. The van der Waals surface area contributed by atoms with Crippen LogP contribution in [0.25, 0.3) is 6.08 Å². The highest BCUT2D eigenvalue weighted by atomic mass is 16.5. The summed E-state index contributed by atoms with van der Waals surface area (Å²) in [5, 5.41) is 9.15. The molecule has 1 rings (SSSR count). The van der Waals surface area contributed by atoms with E-state index in [1.807, 2.05) is 0 Å². The first-order chi connectivity index (χ1) is 11.6. The predicted octanol–water partition coefficient (Wildman–Crippen LogP) is 2.47. The first kappa shape index (κ1) is 19.4. The minimum atomic E-state index is -0.442. The lowest BCUT2D eigenvalue weighted by atomic mass is 10.2. The number of rotatable bonds is 11. The Kier molecular flexibility index (Phi) is 9.64. The second-order valence-corrected chi connectivity index (χ2v) is 4.78. The molecule has 1 N–H and O–H groups in total. The first-order valence-electron chi connectivity index (χ1n) is 7.62. The summed E-state index contributed by atoms with van der Waals surface area (Å²) in [4.78, 5) is 22.3. The lowest BCUT2D eigenvalue weighted by Crippen LogP contribution is -2.08. The molecule has 0 radical (unpaired) electrons. The molecular weight excluding hydrogens is 312 g/mol. The molecule has 1 aromatic carbocycles. The van der Waals surface area contributed by atoms with Crippen LogP contribution in [0.5, 0.6) is 5.75 Å². The number of hydrogen-bond acceptors (Lipinski definition) is 6.